The molecule has 1 saturated heterocycles. The van der Waals surface area contributed by atoms with Crippen LogP contribution in [0.4, 0.5) is 0 Å². The van der Waals surface area contributed by atoms with Crippen LogP contribution in [0.1, 0.15) is 36.6 Å². The third kappa shape index (κ3) is 3.81. The SMILES string of the molecule is CO[C@H]1CN(C(=O)CCC(=O)N2CCc3sccc3C2)CC[C@H]1C. The molecule has 0 saturated carbocycles. The summed E-state index contributed by atoms with van der Waals surface area (Å²) >= 11 is 1.77. The van der Waals surface area contributed by atoms with Gasteiger partial charge in [0.25, 0.3) is 0 Å². The zero-order chi connectivity index (χ0) is 17.1. The Hall–Kier alpha value is -1.40. The summed E-state index contributed by atoms with van der Waals surface area (Å²) < 4.78 is 5.46. The summed E-state index contributed by atoms with van der Waals surface area (Å²) in [4.78, 5) is 30.0. The quantitative estimate of drug-likeness (QED) is 0.837. The Kier molecular flexibility index (Phi) is 5.56. The Morgan fingerprint density at radius 3 is 2.75 bits per heavy atom. The number of rotatable bonds is 4. The summed E-state index contributed by atoms with van der Waals surface area (Å²) in [5, 5.41) is 2.09. The van der Waals surface area contributed by atoms with Crippen molar-refractivity contribution in [3.8, 4) is 0 Å². The van der Waals surface area contributed by atoms with E-state index in [1.807, 2.05) is 9.80 Å². The van der Waals surface area contributed by atoms with Crippen molar-refractivity contribution in [3.05, 3.63) is 21.9 Å². The minimum atomic E-state index is 0.0746. The number of carbonyl (C=O) groups excluding carboxylic acids is 2. The van der Waals surface area contributed by atoms with E-state index in [2.05, 4.69) is 18.4 Å². The summed E-state index contributed by atoms with van der Waals surface area (Å²) in [6, 6.07) is 2.10. The van der Waals surface area contributed by atoms with Gasteiger partial charge in [0.1, 0.15) is 0 Å². The number of thiophene rings is 1. The first-order valence-corrected chi connectivity index (χ1v) is 9.60. The van der Waals surface area contributed by atoms with Gasteiger partial charge in [-0.1, -0.05) is 6.92 Å². The molecule has 132 valence electrons. The van der Waals surface area contributed by atoms with Gasteiger partial charge in [0.15, 0.2) is 0 Å². The highest BCUT2D eigenvalue weighted by molar-refractivity contribution is 7.10. The fourth-order valence-electron chi connectivity index (χ4n) is 3.56. The van der Waals surface area contributed by atoms with E-state index < -0.39 is 0 Å². The molecule has 6 heteroatoms. The van der Waals surface area contributed by atoms with Crippen LogP contribution in [0.2, 0.25) is 0 Å². The van der Waals surface area contributed by atoms with Crippen molar-refractivity contribution in [2.45, 2.75) is 45.3 Å². The summed E-state index contributed by atoms with van der Waals surface area (Å²) in [7, 11) is 1.70. The Morgan fingerprint density at radius 1 is 1.25 bits per heavy atom. The third-order valence-corrected chi connectivity index (χ3v) is 6.28. The molecule has 0 spiro atoms. The Morgan fingerprint density at radius 2 is 2.00 bits per heavy atom. The molecule has 5 nitrogen and oxygen atoms in total. The summed E-state index contributed by atoms with van der Waals surface area (Å²) in [6.07, 6.45) is 2.62. The standard InChI is InChI=1S/C18H26N2O3S/c1-13-5-8-20(12-15(13)23-2)18(22)4-3-17(21)19-9-6-16-14(11-19)7-10-24-16/h7,10,13,15H,3-6,8-9,11-12H2,1-2H3/t13-,15+/m1/s1. The molecule has 1 aromatic rings. The molecular formula is C18H26N2O3S. The number of ether oxygens (including phenoxy) is 1. The van der Waals surface area contributed by atoms with Gasteiger partial charge in [0.2, 0.25) is 11.8 Å². The van der Waals surface area contributed by atoms with E-state index in [1.165, 1.54) is 10.4 Å². The largest absolute Gasteiger partial charge is 0.379 e. The van der Waals surface area contributed by atoms with Crippen LogP contribution in [0.15, 0.2) is 11.4 Å². The van der Waals surface area contributed by atoms with E-state index in [0.29, 0.717) is 31.8 Å². The number of nitrogens with zero attached hydrogens (tertiary/aromatic N) is 2. The molecule has 1 aromatic heterocycles. The second-order valence-corrected chi connectivity index (χ2v) is 7.81. The van der Waals surface area contributed by atoms with Crippen molar-refractivity contribution >= 4 is 23.2 Å². The lowest BCUT2D eigenvalue weighted by atomic mass is 9.95. The van der Waals surface area contributed by atoms with E-state index in [4.69, 9.17) is 4.74 Å². The van der Waals surface area contributed by atoms with Crippen LogP contribution < -0.4 is 0 Å². The zero-order valence-electron chi connectivity index (χ0n) is 14.5. The van der Waals surface area contributed by atoms with Gasteiger partial charge in [-0.2, -0.15) is 0 Å². The third-order valence-electron chi connectivity index (χ3n) is 5.26. The van der Waals surface area contributed by atoms with Gasteiger partial charge in [-0.15, -0.1) is 11.3 Å². The fraction of sp³-hybridized carbons (Fsp3) is 0.667. The smallest absolute Gasteiger partial charge is 0.223 e. The lowest BCUT2D eigenvalue weighted by Gasteiger charge is -2.36. The summed E-state index contributed by atoms with van der Waals surface area (Å²) in [6.45, 7) is 5.05. The molecule has 2 atom stereocenters. The molecular weight excluding hydrogens is 324 g/mol. The van der Waals surface area contributed by atoms with Crippen molar-refractivity contribution in [2.24, 2.45) is 5.92 Å². The number of hydrogen-bond acceptors (Lipinski definition) is 4. The van der Waals surface area contributed by atoms with Crippen molar-refractivity contribution < 1.29 is 14.3 Å². The van der Waals surface area contributed by atoms with Crippen LogP contribution in [-0.4, -0.2) is 54.5 Å². The highest BCUT2D eigenvalue weighted by Crippen LogP contribution is 2.25. The second-order valence-electron chi connectivity index (χ2n) is 6.81. The van der Waals surface area contributed by atoms with Crippen molar-refractivity contribution in [2.75, 3.05) is 26.7 Å². The Balaban J connectivity index is 1.47. The van der Waals surface area contributed by atoms with Crippen molar-refractivity contribution in [1.82, 2.24) is 9.80 Å². The monoisotopic (exact) mass is 350 g/mol. The number of amides is 2. The molecule has 2 aliphatic rings. The summed E-state index contributed by atoms with van der Waals surface area (Å²) in [5.41, 5.74) is 1.26. The first-order chi connectivity index (χ1) is 11.6. The topological polar surface area (TPSA) is 49.9 Å². The first kappa shape index (κ1) is 17.4. The maximum absolute atomic E-state index is 12.4. The second kappa shape index (κ2) is 7.66. The number of carbonyl (C=O) groups is 2. The van der Waals surface area contributed by atoms with Gasteiger partial charge in [-0.05, 0) is 35.8 Å². The molecule has 24 heavy (non-hydrogen) atoms. The molecule has 0 aliphatic carbocycles. The highest BCUT2D eigenvalue weighted by atomic mass is 32.1. The van der Waals surface area contributed by atoms with Crippen LogP contribution in [0.5, 0.6) is 0 Å². The van der Waals surface area contributed by atoms with E-state index >= 15 is 0 Å². The maximum Gasteiger partial charge on any atom is 0.223 e. The van der Waals surface area contributed by atoms with Gasteiger partial charge in [-0.25, -0.2) is 0 Å². The minimum absolute atomic E-state index is 0.0746. The van der Waals surface area contributed by atoms with E-state index in [0.717, 1.165) is 25.9 Å². The lowest BCUT2D eigenvalue weighted by Crippen LogP contribution is -2.46. The van der Waals surface area contributed by atoms with Crippen LogP contribution >= 0.6 is 11.3 Å². The predicted molar refractivity (Wildman–Crippen MR) is 93.8 cm³/mol. The molecule has 0 radical (unpaired) electrons. The highest BCUT2D eigenvalue weighted by Gasteiger charge is 2.29. The summed E-state index contributed by atoms with van der Waals surface area (Å²) in [5.74, 6) is 0.647. The minimum Gasteiger partial charge on any atom is -0.379 e. The molecule has 0 unspecified atom stereocenters. The van der Waals surface area contributed by atoms with E-state index in [9.17, 15) is 9.59 Å². The van der Waals surface area contributed by atoms with E-state index in [1.54, 1.807) is 18.4 Å². The molecule has 1 fully saturated rings. The van der Waals surface area contributed by atoms with Gasteiger partial charge in [-0.3, -0.25) is 9.59 Å². The van der Waals surface area contributed by atoms with Gasteiger partial charge in [0, 0.05) is 51.0 Å². The molecule has 0 N–H and O–H groups in total. The zero-order valence-corrected chi connectivity index (χ0v) is 15.3. The molecule has 2 amide bonds. The molecule has 0 bridgehead atoms. The van der Waals surface area contributed by atoms with Crippen molar-refractivity contribution in [1.29, 1.82) is 0 Å². The van der Waals surface area contributed by atoms with E-state index in [-0.39, 0.29) is 17.9 Å². The number of piperidine rings is 1. The fourth-order valence-corrected chi connectivity index (χ4v) is 4.45. The maximum atomic E-state index is 12.4. The predicted octanol–water partition coefficient (Wildman–Crippen LogP) is 2.30. The Labute approximate surface area is 147 Å². The first-order valence-electron chi connectivity index (χ1n) is 8.72. The number of methoxy groups -OCH3 is 1. The van der Waals surface area contributed by atoms with Crippen LogP contribution in [0.25, 0.3) is 0 Å². The van der Waals surface area contributed by atoms with Crippen LogP contribution in [0.3, 0.4) is 0 Å². The van der Waals surface area contributed by atoms with Crippen LogP contribution in [-0.2, 0) is 27.3 Å². The van der Waals surface area contributed by atoms with Gasteiger partial charge in [0.05, 0.1) is 6.10 Å². The lowest BCUT2D eigenvalue weighted by molar-refractivity contribution is -0.140. The molecule has 3 rings (SSSR count). The molecule has 3 heterocycles. The molecule has 0 aromatic carbocycles. The van der Waals surface area contributed by atoms with Gasteiger partial charge < -0.3 is 14.5 Å². The van der Waals surface area contributed by atoms with Gasteiger partial charge >= 0.3 is 0 Å². The number of hydrogen-bond donors (Lipinski definition) is 0. The average molecular weight is 350 g/mol. The number of fused-ring (bicyclic) bond motifs is 1. The Bertz CT molecular complexity index is 601. The average Bonchev–Trinajstić information content (AvgIpc) is 3.07. The van der Waals surface area contributed by atoms with Crippen LogP contribution in [0, 0.1) is 5.92 Å². The molecule has 2 aliphatic heterocycles. The van der Waals surface area contributed by atoms with Crippen molar-refractivity contribution in [3.63, 3.8) is 0 Å². The normalized spacial score (nSPS) is 23.9. The number of likely N-dealkylation sites (tertiary alicyclic amines) is 1.